The molecule has 0 saturated heterocycles. The summed E-state index contributed by atoms with van der Waals surface area (Å²) < 4.78 is 2.29. The molecule has 0 amide bonds. The molecule has 0 aliphatic rings. The van der Waals surface area contributed by atoms with E-state index < -0.39 is 0 Å². The summed E-state index contributed by atoms with van der Waals surface area (Å²) in [5.41, 5.74) is 1.34. The Hall–Kier alpha value is -1.13. The molecule has 0 unspecified atom stereocenters. The van der Waals surface area contributed by atoms with Crippen LogP contribution in [0.4, 0.5) is 0 Å². The predicted molar refractivity (Wildman–Crippen MR) is 72.4 cm³/mol. The molecule has 2 aromatic heterocycles. The SMILES string of the molecule is CCCNCc1cccn1Cc1cnc(C)s1. The molecule has 0 saturated carbocycles. The van der Waals surface area contributed by atoms with Gasteiger partial charge in [-0.15, -0.1) is 11.3 Å². The van der Waals surface area contributed by atoms with Crippen molar-refractivity contribution in [3.8, 4) is 0 Å². The van der Waals surface area contributed by atoms with Gasteiger partial charge in [0.2, 0.25) is 0 Å². The lowest BCUT2D eigenvalue weighted by atomic mass is 10.4. The number of aryl methyl sites for hydroxylation is 1. The van der Waals surface area contributed by atoms with Crippen molar-refractivity contribution >= 4 is 11.3 Å². The first-order valence-corrected chi connectivity index (χ1v) is 6.87. The molecule has 92 valence electrons. The lowest BCUT2D eigenvalue weighted by Crippen LogP contribution is -2.16. The van der Waals surface area contributed by atoms with Crippen molar-refractivity contribution in [1.82, 2.24) is 14.9 Å². The molecule has 0 aliphatic heterocycles. The van der Waals surface area contributed by atoms with Crippen LogP contribution in [0.2, 0.25) is 0 Å². The quantitative estimate of drug-likeness (QED) is 0.798. The molecule has 0 aliphatic carbocycles. The fraction of sp³-hybridized carbons (Fsp3) is 0.462. The van der Waals surface area contributed by atoms with Gasteiger partial charge in [-0.3, -0.25) is 0 Å². The molecular formula is C13H19N3S. The monoisotopic (exact) mass is 249 g/mol. The number of nitrogens with one attached hydrogen (secondary N) is 1. The van der Waals surface area contributed by atoms with Gasteiger partial charge in [0, 0.05) is 29.5 Å². The summed E-state index contributed by atoms with van der Waals surface area (Å²) in [7, 11) is 0. The molecule has 1 N–H and O–H groups in total. The topological polar surface area (TPSA) is 29.9 Å². The summed E-state index contributed by atoms with van der Waals surface area (Å²) in [5.74, 6) is 0. The van der Waals surface area contributed by atoms with Gasteiger partial charge in [-0.25, -0.2) is 4.98 Å². The first-order chi connectivity index (χ1) is 8.29. The van der Waals surface area contributed by atoms with E-state index in [1.807, 2.05) is 13.1 Å². The van der Waals surface area contributed by atoms with E-state index in [-0.39, 0.29) is 0 Å². The van der Waals surface area contributed by atoms with Crippen molar-refractivity contribution in [2.45, 2.75) is 33.4 Å². The molecule has 3 nitrogen and oxygen atoms in total. The zero-order valence-electron chi connectivity index (χ0n) is 10.4. The summed E-state index contributed by atoms with van der Waals surface area (Å²) in [4.78, 5) is 5.61. The number of rotatable bonds is 6. The van der Waals surface area contributed by atoms with Crippen LogP contribution < -0.4 is 5.32 Å². The molecule has 0 spiro atoms. The molecule has 4 heteroatoms. The second kappa shape index (κ2) is 5.98. The van der Waals surface area contributed by atoms with Gasteiger partial charge in [0.05, 0.1) is 11.6 Å². The summed E-state index contributed by atoms with van der Waals surface area (Å²) in [6.45, 7) is 7.19. The van der Waals surface area contributed by atoms with Crippen LogP contribution in [0.1, 0.15) is 28.9 Å². The van der Waals surface area contributed by atoms with Crippen molar-refractivity contribution in [1.29, 1.82) is 0 Å². The number of hydrogen-bond donors (Lipinski definition) is 1. The standard InChI is InChI=1S/C13H19N3S/c1-3-6-14-8-12-5-4-7-16(12)10-13-9-15-11(2)17-13/h4-5,7,9,14H,3,6,8,10H2,1-2H3. The molecule has 2 rings (SSSR count). The molecule has 0 radical (unpaired) electrons. The molecule has 0 bridgehead atoms. The minimum absolute atomic E-state index is 0.932. The van der Waals surface area contributed by atoms with Gasteiger partial charge in [0.1, 0.15) is 0 Å². The van der Waals surface area contributed by atoms with E-state index in [0.717, 1.165) is 24.6 Å². The third-order valence-corrected chi connectivity index (χ3v) is 3.55. The van der Waals surface area contributed by atoms with Crippen LogP contribution >= 0.6 is 11.3 Å². The molecular weight excluding hydrogens is 230 g/mol. The maximum atomic E-state index is 4.29. The van der Waals surface area contributed by atoms with Crippen LogP contribution in [0.25, 0.3) is 0 Å². The molecule has 17 heavy (non-hydrogen) atoms. The van der Waals surface area contributed by atoms with Gasteiger partial charge in [-0.1, -0.05) is 6.92 Å². The first-order valence-electron chi connectivity index (χ1n) is 6.05. The number of hydrogen-bond acceptors (Lipinski definition) is 3. The summed E-state index contributed by atoms with van der Waals surface area (Å²) in [5, 5.41) is 4.57. The van der Waals surface area contributed by atoms with E-state index in [1.165, 1.54) is 17.0 Å². The third-order valence-electron chi connectivity index (χ3n) is 2.65. The Morgan fingerprint density at radius 2 is 2.35 bits per heavy atom. The molecule has 0 aromatic carbocycles. The van der Waals surface area contributed by atoms with Crippen LogP contribution in [0, 0.1) is 6.92 Å². The number of aromatic nitrogens is 2. The maximum absolute atomic E-state index is 4.29. The van der Waals surface area contributed by atoms with Crippen molar-refractivity contribution in [3.63, 3.8) is 0 Å². The fourth-order valence-electron chi connectivity index (χ4n) is 1.80. The zero-order chi connectivity index (χ0) is 12.1. The number of nitrogens with zero attached hydrogens (tertiary/aromatic N) is 2. The lowest BCUT2D eigenvalue weighted by Gasteiger charge is -2.08. The first kappa shape index (κ1) is 12.3. The van der Waals surface area contributed by atoms with Gasteiger partial charge in [-0.05, 0) is 32.0 Å². The van der Waals surface area contributed by atoms with E-state index in [1.54, 1.807) is 11.3 Å². The van der Waals surface area contributed by atoms with Crippen LogP contribution in [-0.4, -0.2) is 16.1 Å². The van der Waals surface area contributed by atoms with E-state index in [0.29, 0.717) is 0 Å². The molecule has 2 heterocycles. The van der Waals surface area contributed by atoms with E-state index in [2.05, 4.69) is 40.1 Å². The van der Waals surface area contributed by atoms with Crippen molar-refractivity contribution < 1.29 is 0 Å². The van der Waals surface area contributed by atoms with E-state index >= 15 is 0 Å². The van der Waals surface area contributed by atoms with Crippen LogP contribution in [0.5, 0.6) is 0 Å². The zero-order valence-corrected chi connectivity index (χ0v) is 11.3. The van der Waals surface area contributed by atoms with Crippen LogP contribution in [-0.2, 0) is 13.1 Å². The average molecular weight is 249 g/mol. The highest BCUT2D eigenvalue weighted by Crippen LogP contribution is 2.14. The Morgan fingerprint density at radius 1 is 1.47 bits per heavy atom. The van der Waals surface area contributed by atoms with E-state index in [9.17, 15) is 0 Å². The predicted octanol–water partition coefficient (Wildman–Crippen LogP) is 2.80. The maximum Gasteiger partial charge on any atom is 0.0897 e. The van der Waals surface area contributed by atoms with E-state index in [4.69, 9.17) is 0 Å². The fourth-order valence-corrected chi connectivity index (χ4v) is 2.60. The van der Waals surface area contributed by atoms with Gasteiger partial charge in [0.25, 0.3) is 0 Å². The minimum Gasteiger partial charge on any atom is -0.345 e. The van der Waals surface area contributed by atoms with Crippen LogP contribution in [0.3, 0.4) is 0 Å². The van der Waals surface area contributed by atoms with Crippen molar-refractivity contribution in [2.24, 2.45) is 0 Å². The third kappa shape index (κ3) is 3.41. The largest absolute Gasteiger partial charge is 0.345 e. The Labute approximate surface area is 107 Å². The van der Waals surface area contributed by atoms with Crippen molar-refractivity contribution in [2.75, 3.05) is 6.54 Å². The smallest absolute Gasteiger partial charge is 0.0897 e. The minimum atomic E-state index is 0.932. The normalized spacial score (nSPS) is 10.9. The summed E-state index contributed by atoms with van der Waals surface area (Å²) >= 11 is 1.77. The van der Waals surface area contributed by atoms with Gasteiger partial charge >= 0.3 is 0 Å². The van der Waals surface area contributed by atoms with Gasteiger partial charge < -0.3 is 9.88 Å². The number of thiazole rings is 1. The molecule has 0 fully saturated rings. The van der Waals surface area contributed by atoms with Crippen LogP contribution in [0.15, 0.2) is 24.5 Å². The highest BCUT2D eigenvalue weighted by atomic mass is 32.1. The summed E-state index contributed by atoms with van der Waals surface area (Å²) in [6, 6.07) is 4.29. The molecule has 2 aromatic rings. The summed E-state index contributed by atoms with van der Waals surface area (Å²) in [6.07, 6.45) is 5.29. The van der Waals surface area contributed by atoms with Gasteiger partial charge in [0.15, 0.2) is 0 Å². The second-order valence-electron chi connectivity index (χ2n) is 4.15. The Kier molecular flexibility index (Phi) is 4.34. The lowest BCUT2D eigenvalue weighted by molar-refractivity contribution is 0.632. The highest BCUT2D eigenvalue weighted by Gasteiger charge is 2.03. The highest BCUT2D eigenvalue weighted by molar-refractivity contribution is 7.11. The Balaban J connectivity index is 1.98. The Morgan fingerprint density at radius 3 is 3.06 bits per heavy atom. The average Bonchev–Trinajstić information content (AvgIpc) is 2.90. The Bertz CT molecular complexity index is 459. The van der Waals surface area contributed by atoms with Gasteiger partial charge in [-0.2, -0.15) is 0 Å². The molecule has 0 atom stereocenters. The van der Waals surface area contributed by atoms with Crippen molar-refractivity contribution in [3.05, 3.63) is 40.1 Å². The second-order valence-corrected chi connectivity index (χ2v) is 5.47.